The Balaban J connectivity index is 1.49. The minimum Gasteiger partial charge on any atom is -0.493 e. The van der Waals surface area contributed by atoms with E-state index in [4.69, 9.17) is 9.47 Å². The van der Waals surface area contributed by atoms with Crippen LogP contribution in [0.3, 0.4) is 0 Å². The van der Waals surface area contributed by atoms with Gasteiger partial charge in [-0.1, -0.05) is 85.8 Å². The molecule has 2 N–H and O–H groups in total. The number of hydrogen-bond acceptors (Lipinski definition) is 5. The predicted molar refractivity (Wildman–Crippen MR) is 159 cm³/mol. The third-order valence-electron chi connectivity index (χ3n) is 6.45. The average Bonchev–Trinajstić information content (AvgIpc) is 2.96. The topological polar surface area (TPSA) is 89.0 Å². The summed E-state index contributed by atoms with van der Waals surface area (Å²) in [6.07, 6.45) is 2.77. The van der Waals surface area contributed by atoms with Crippen molar-refractivity contribution in [2.75, 3.05) is 13.2 Å². The lowest BCUT2D eigenvalue weighted by Crippen LogP contribution is -2.48. The molecule has 1 atom stereocenters. The SMILES string of the molecule is CCCOc1ccc2ccccc2c1/C=N\NC(=O)[C@H](Cc1ccccc1)NC(=O)COc1c(C)cccc1C. The lowest BCUT2D eigenvalue weighted by Gasteiger charge is -2.18. The van der Waals surface area contributed by atoms with Gasteiger partial charge in [0.1, 0.15) is 17.5 Å². The highest BCUT2D eigenvalue weighted by atomic mass is 16.5. The van der Waals surface area contributed by atoms with Gasteiger partial charge in [-0.25, -0.2) is 5.43 Å². The van der Waals surface area contributed by atoms with Crippen LogP contribution >= 0.6 is 0 Å². The number of nitrogens with one attached hydrogen (secondary N) is 2. The summed E-state index contributed by atoms with van der Waals surface area (Å²) in [6, 6.07) is 26.3. The van der Waals surface area contributed by atoms with Crippen LogP contribution < -0.4 is 20.2 Å². The van der Waals surface area contributed by atoms with Gasteiger partial charge in [-0.2, -0.15) is 5.10 Å². The third kappa shape index (κ3) is 7.47. The van der Waals surface area contributed by atoms with Gasteiger partial charge in [0, 0.05) is 12.0 Å². The lowest BCUT2D eigenvalue weighted by molar-refractivity contribution is -0.130. The van der Waals surface area contributed by atoms with E-state index in [0.717, 1.165) is 39.4 Å². The third-order valence-corrected chi connectivity index (χ3v) is 6.45. The molecule has 0 radical (unpaired) electrons. The molecule has 0 aliphatic rings. The molecule has 0 saturated carbocycles. The summed E-state index contributed by atoms with van der Waals surface area (Å²) in [5, 5.41) is 9.08. The number of amides is 2. The largest absolute Gasteiger partial charge is 0.493 e. The number of hydrogen-bond donors (Lipinski definition) is 2. The maximum absolute atomic E-state index is 13.3. The molecular weight excluding hydrogens is 502 g/mol. The van der Waals surface area contributed by atoms with Crippen molar-refractivity contribution >= 4 is 28.8 Å². The molecule has 206 valence electrons. The number of carbonyl (C=O) groups excluding carboxylic acids is 2. The number of rotatable bonds is 12. The Bertz CT molecular complexity index is 1460. The van der Waals surface area contributed by atoms with Crippen LogP contribution in [0.4, 0.5) is 0 Å². The quantitative estimate of drug-likeness (QED) is 0.184. The Morgan fingerprint density at radius 2 is 1.60 bits per heavy atom. The number of aryl methyl sites for hydroxylation is 2. The van der Waals surface area contributed by atoms with Crippen LogP contribution in [0, 0.1) is 13.8 Å². The van der Waals surface area contributed by atoms with E-state index in [1.54, 1.807) is 6.21 Å². The van der Waals surface area contributed by atoms with Gasteiger partial charge in [0.05, 0.1) is 12.8 Å². The van der Waals surface area contributed by atoms with Crippen molar-refractivity contribution in [3.63, 3.8) is 0 Å². The standard InChI is InChI=1S/C33H35N3O4/c1-4-19-39-30-18-17-26-15-8-9-16-27(26)28(30)21-34-36-33(38)29(20-25-13-6-5-7-14-25)35-31(37)22-40-32-23(2)11-10-12-24(32)3/h5-18,21,29H,4,19-20,22H2,1-3H3,(H,35,37)(H,36,38)/b34-21-/t29-/m0/s1. The zero-order valence-electron chi connectivity index (χ0n) is 23.1. The summed E-state index contributed by atoms with van der Waals surface area (Å²) in [4.78, 5) is 26.1. The predicted octanol–water partition coefficient (Wildman–Crippen LogP) is 5.50. The van der Waals surface area contributed by atoms with E-state index in [0.29, 0.717) is 24.5 Å². The number of benzene rings is 4. The summed E-state index contributed by atoms with van der Waals surface area (Å²) < 4.78 is 11.7. The van der Waals surface area contributed by atoms with Crippen molar-refractivity contribution in [1.29, 1.82) is 0 Å². The van der Waals surface area contributed by atoms with Crippen LogP contribution in [0.1, 0.15) is 35.6 Å². The molecule has 7 nitrogen and oxygen atoms in total. The van der Waals surface area contributed by atoms with E-state index < -0.39 is 17.9 Å². The maximum Gasteiger partial charge on any atom is 0.262 e. The highest BCUT2D eigenvalue weighted by Crippen LogP contribution is 2.27. The zero-order chi connectivity index (χ0) is 28.3. The first kappa shape index (κ1) is 28.4. The number of carbonyl (C=O) groups is 2. The normalized spacial score (nSPS) is 11.8. The Kier molecular flexibility index (Phi) is 9.88. The zero-order valence-corrected chi connectivity index (χ0v) is 23.1. The second-order valence-corrected chi connectivity index (χ2v) is 9.60. The molecular formula is C33H35N3O4. The number of ether oxygens (including phenoxy) is 2. The fraction of sp³-hybridized carbons (Fsp3) is 0.242. The Morgan fingerprint density at radius 1 is 0.875 bits per heavy atom. The van der Waals surface area contributed by atoms with Crippen LogP contribution in [-0.2, 0) is 16.0 Å². The minimum absolute atomic E-state index is 0.207. The minimum atomic E-state index is -0.850. The van der Waals surface area contributed by atoms with Crippen molar-refractivity contribution in [2.24, 2.45) is 5.10 Å². The van der Waals surface area contributed by atoms with Crippen molar-refractivity contribution in [3.8, 4) is 11.5 Å². The second kappa shape index (κ2) is 13.9. The first-order chi connectivity index (χ1) is 19.5. The molecule has 0 saturated heterocycles. The van der Waals surface area contributed by atoms with Gasteiger partial charge in [0.2, 0.25) is 0 Å². The van der Waals surface area contributed by atoms with E-state index in [1.807, 2.05) is 106 Å². The van der Waals surface area contributed by atoms with Crippen molar-refractivity contribution in [2.45, 2.75) is 39.7 Å². The van der Waals surface area contributed by atoms with E-state index in [1.165, 1.54) is 0 Å². The van der Waals surface area contributed by atoms with E-state index in [9.17, 15) is 9.59 Å². The molecule has 40 heavy (non-hydrogen) atoms. The highest BCUT2D eigenvalue weighted by molar-refractivity contribution is 6.02. The van der Waals surface area contributed by atoms with Crippen LogP contribution in [-0.4, -0.2) is 37.3 Å². The summed E-state index contributed by atoms with van der Waals surface area (Å²) in [6.45, 7) is 6.27. The monoisotopic (exact) mass is 537 g/mol. The molecule has 2 amide bonds. The van der Waals surface area contributed by atoms with Crippen LogP contribution in [0.5, 0.6) is 11.5 Å². The molecule has 0 heterocycles. The summed E-state index contributed by atoms with van der Waals surface area (Å²) in [5.74, 6) is 0.530. The average molecular weight is 538 g/mol. The van der Waals surface area contributed by atoms with Gasteiger partial charge in [0.15, 0.2) is 6.61 Å². The number of nitrogens with zero attached hydrogens (tertiary/aromatic N) is 1. The van der Waals surface area contributed by atoms with Crippen LogP contribution in [0.25, 0.3) is 10.8 Å². The first-order valence-electron chi connectivity index (χ1n) is 13.5. The van der Waals surface area contributed by atoms with Crippen molar-refractivity contribution in [3.05, 3.63) is 107 Å². The fourth-order valence-electron chi connectivity index (χ4n) is 4.44. The lowest BCUT2D eigenvalue weighted by atomic mass is 10.0. The molecule has 7 heteroatoms. The van der Waals surface area contributed by atoms with Crippen LogP contribution in [0.15, 0.2) is 90.0 Å². The smallest absolute Gasteiger partial charge is 0.262 e. The van der Waals surface area contributed by atoms with Gasteiger partial charge in [-0.15, -0.1) is 0 Å². The summed E-state index contributed by atoms with van der Waals surface area (Å²) in [7, 11) is 0. The van der Waals surface area contributed by atoms with Gasteiger partial charge in [-0.05, 0) is 53.8 Å². The molecule has 0 spiro atoms. The Morgan fingerprint density at radius 3 is 2.35 bits per heavy atom. The molecule has 0 unspecified atom stereocenters. The second-order valence-electron chi connectivity index (χ2n) is 9.60. The van der Waals surface area contributed by atoms with Crippen LogP contribution in [0.2, 0.25) is 0 Å². The highest BCUT2D eigenvalue weighted by Gasteiger charge is 2.22. The molecule has 0 aliphatic heterocycles. The van der Waals surface area contributed by atoms with Gasteiger partial charge in [-0.3, -0.25) is 9.59 Å². The van der Waals surface area contributed by atoms with Gasteiger partial charge < -0.3 is 14.8 Å². The fourth-order valence-corrected chi connectivity index (χ4v) is 4.44. The van der Waals surface area contributed by atoms with E-state index in [-0.39, 0.29) is 6.61 Å². The molecule has 4 aromatic carbocycles. The van der Waals surface area contributed by atoms with E-state index in [2.05, 4.69) is 15.8 Å². The molecule has 4 aromatic rings. The maximum atomic E-state index is 13.3. The Hall–Kier alpha value is -4.65. The molecule has 0 aromatic heterocycles. The van der Waals surface area contributed by atoms with Gasteiger partial charge >= 0.3 is 0 Å². The van der Waals surface area contributed by atoms with Crippen molar-refractivity contribution < 1.29 is 19.1 Å². The molecule has 0 aliphatic carbocycles. The first-order valence-corrected chi connectivity index (χ1v) is 13.5. The molecule has 0 fully saturated rings. The van der Waals surface area contributed by atoms with Crippen molar-refractivity contribution in [1.82, 2.24) is 10.7 Å². The summed E-state index contributed by atoms with van der Waals surface area (Å²) >= 11 is 0. The molecule has 0 bridgehead atoms. The van der Waals surface area contributed by atoms with E-state index >= 15 is 0 Å². The molecule has 4 rings (SSSR count). The van der Waals surface area contributed by atoms with Gasteiger partial charge in [0.25, 0.3) is 11.8 Å². The summed E-state index contributed by atoms with van der Waals surface area (Å²) in [5.41, 5.74) is 6.18. The number of hydrazone groups is 1. The number of para-hydroxylation sites is 1. The Labute approximate surface area is 235 Å². The number of fused-ring (bicyclic) bond motifs is 1.